The maximum absolute atomic E-state index is 12.9. The SMILES string of the molecule is CCOC(=O)c1ccc(NC(=O)COc2ccc(S(=O)(=O)Nc3cccc(C(F)(F)F)c3)cc2)cc1. The van der Waals surface area contributed by atoms with Crippen LogP contribution in [0.25, 0.3) is 0 Å². The molecule has 0 spiro atoms. The molecule has 8 nitrogen and oxygen atoms in total. The van der Waals surface area contributed by atoms with Crippen LogP contribution < -0.4 is 14.8 Å². The highest BCUT2D eigenvalue weighted by Crippen LogP contribution is 2.31. The quantitative estimate of drug-likeness (QED) is 0.394. The Balaban J connectivity index is 1.56. The number of carbonyl (C=O) groups excluding carboxylic acids is 2. The first kappa shape index (κ1) is 26.5. The normalized spacial score (nSPS) is 11.4. The molecule has 0 bridgehead atoms. The first-order valence-electron chi connectivity index (χ1n) is 10.5. The number of benzene rings is 3. The molecule has 1 amide bonds. The number of rotatable bonds is 9. The van der Waals surface area contributed by atoms with Crippen LogP contribution in [0, 0.1) is 0 Å². The molecule has 0 saturated heterocycles. The number of anilines is 2. The Morgan fingerprint density at radius 1 is 0.917 bits per heavy atom. The highest BCUT2D eigenvalue weighted by Gasteiger charge is 2.30. The minimum atomic E-state index is -4.61. The summed E-state index contributed by atoms with van der Waals surface area (Å²) in [6.45, 7) is 1.55. The van der Waals surface area contributed by atoms with Crippen LogP contribution in [0.5, 0.6) is 5.75 Å². The van der Waals surface area contributed by atoms with Gasteiger partial charge in [0.05, 0.1) is 22.6 Å². The number of halogens is 3. The van der Waals surface area contributed by atoms with Gasteiger partial charge >= 0.3 is 12.1 Å². The lowest BCUT2D eigenvalue weighted by Gasteiger charge is -2.12. The summed E-state index contributed by atoms with van der Waals surface area (Å²) in [7, 11) is -4.16. The molecule has 0 aromatic heterocycles. The van der Waals surface area contributed by atoms with Gasteiger partial charge < -0.3 is 14.8 Å². The Hall–Kier alpha value is -4.06. The average molecular weight is 523 g/mol. The predicted molar refractivity (Wildman–Crippen MR) is 125 cm³/mol. The highest BCUT2D eigenvalue weighted by atomic mass is 32.2. The Kier molecular flexibility index (Phi) is 8.20. The standard InChI is InChI=1S/C24H21F3N2O6S/c1-2-34-23(31)16-6-8-18(9-7-16)28-22(30)15-35-20-10-12-21(13-11-20)36(32,33)29-19-5-3-4-17(14-19)24(25,26)27/h3-14,29H,2,15H2,1H3,(H,28,30). The summed E-state index contributed by atoms with van der Waals surface area (Å²) in [5, 5.41) is 2.59. The van der Waals surface area contributed by atoms with Crippen molar-refractivity contribution in [1.29, 1.82) is 0 Å². The fraction of sp³-hybridized carbons (Fsp3) is 0.167. The van der Waals surface area contributed by atoms with Gasteiger partial charge in [0, 0.05) is 11.4 Å². The van der Waals surface area contributed by atoms with Gasteiger partial charge in [-0.2, -0.15) is 13.2 Å². The number of hydrogen-bond donors (Lipinski definition) is 2. The highest BCUT2D eigenvalue weighted by molar-refractivity contribution is 7.92. The van der Waals surface area contributed by atoms with E-state index in [0.717, 1.165) is 12.1 Å². The van der Waals surface area contributed by atoms with Gasteiger partial charge in [-0.3, -0.25) is 9.52 Å². The topological polar surface area (TPSA) is 111 Å². The maximum Gasteiger partial charge on any atom is 0.416 e. The number of hydrogen-bond acceptors (Lipinski definition) is 6. The van der Waals surface area contributed by atoms with Crippen molar-refractivity contribution in [3.05, 3.63) is 83.9 Å². The van der Waals surface area contributed by atoms with Crippen LogP contribution >= 0.6 is 0 Å². The summed E-state index contributed by atoms with van der Waals surface area (Å²) in [5.74, 6) is -0.781. The van der Waals surface area contributed by atoms with Gasteiger partial charge in [-0.1, -0.05) is 6.07 Å². The number of carbonyl (C=O) groups is 2. The van der Waals surface area contributed by atoms with Crippen molar-refractivity contribution >= 4 is 33.3 Å². The molecular weight excluding hydrogens is 501 g/mol. The summed E-state index contributed by atoms with van der Waals surface area (Å²) in [5.41, 5.74) is -0.459. The molecule has 12 heteroatoms. The monoisotopic (exact) mass is 522 g/mol. The molecule has 0 fully saturated rings. The Morgan fingerprint density at radius 3 is 2.19 bits per heavy atom. The van der Waals surface area contributed by atoms with Crippen molar-refractivity contribution in [2.75, 3.05) is 23.3 Å². The van der Waals surface area contributed by atoms with E-state index >= 15 is 0 Å². The largest absolute Gasteiger partial charge is 0.484 e. The van der Waals surface area contributed by atoms with Gasteiger partial charge in [0.1, 0.15) is 5.75 Å². The Labute approximate surface area is 205 Å². The molecule has 0 unspecified atom stereocenters. The van der Waals surface area contributed by atoms with Gasteiger partial charge in [0.2, 0.25) is 0 Å². The fourth-order valence-electron chi connectivity index (χ4n) is 2.94. The summed E-state index contributed by atoms with van der Waals surface area (Å²) < 4.78 is 75.9. The zero-order valence-electron chi connectivity index (χ0n) is 18.8. The predicted octanol–water partition coefficient (Wildman–Crippen LogP) is 4.70. The lowest BCUT2D eigenvalue weighted by molar-refractivity contribution is -0.137. The zero-order valence-corrected chi connectivity index (χ0v) is 19.7. The molecule has 3 rings (SSSR count). The number of sulfonamides is 1. The van der Waals surface area contributed by atoms with Crippen molar-refractivity contribution < 1.29 is 40.7 Å². The van der Waals surface area contributed by atoms with Gasteiger partial charge in [-0.05, 0) is 73.7 Å². The van der Waals surface area contributed by atoms with Crippen molar-refractivity contribution in [3.8, 4) is 5.75 Å². The lowest BCUT2D eigenvalue weighted by Crippen LogP contribution is -2.20. The van der Waals surface area contributed by atoms with E-state index in [1.54, 1.807) is 6.92 Å². The smallest absolute Gasteiger partial charge is 0.416 e. The van der Waals surface area contributed by atoms with E-state index in [1.165, 1.54) is 54.6 Å². The summed E-state index contributed by atoms with van der Waals surface area (Å²) in [4.78, 5) is 23.6. The van der Waals surface area contributed by atoms with E-state index in [-0.39, 0.29) is 29.5 Å². The van der Waals surface area contributed by atoms with Crippen molar-refractivity contribution in [2.45, 2.75) is 18.0 Å². The van der Waals surface area contributed by atoms with E-state index in [2.05, 4.69) is 10.0 Å². The third kappa shape index (κ3) is 7.22. The van der Waals surface area contributed by atoms with Crippen molar-refractivity contribution in [2.24, 2.45) is 0 Å². The van der Waals surface area contributed by atoms with E-state index in [9.17, 15) is 31.2 Å². The number of amides is 1. The third-order valence-corrected chi connectivity index (χ3v) is 6.02. The van der Waals surface area contributed by atoms with Crippen molar-refractivity contribution in [3.63, 3.8) is 0 Å². The molecule has 0 aliphatic rings. The van der Waals surface area contributed by atoms with Crippen LogP contribution in [0.4, 0.5) is 24.5 Å². The summed E-state index contributed by atoms with van der Waals surface area (Å²) >= 11 is 0. The van der Waals surface area contributed by atoms with Crippen LogP contribution in [0.1, 0.15) is 22.8 Å². The zero-order chi connectivity index (χ0) is 26.3. The molecule has 0 saturated carbocycles. The van der Waals surface area contributed by atoms with E-state index in [1.807, 2.05) is 0 Å². The van der Waals surface area contributed by atoms with Crippen LogP contribution in [-0.2, 0) is 25.7 Å². The van der Waals surface area contributed by atoms with E-state index < -0.39 is 33.6 Å². The average Bonchev–Trinajstić information content (AvgIpc) is 2.83. The molecule has 0 aliphatic heterocycles. The molecule has 2 N–H and O–H groups in total. The van der Waals surface area contributed by atoms with Gasteiger partial charge in [0.15, 0.2) is 6.61 Å². The molecular formula is C24H21F3N2O6S. The van der Waals surface area contributed by atoms with Crippen LogP contribution in [0.15, 0.2) is 77.7 Å². The number of alkyl halides is 3. The van der Waals surface area contributed by atoms with E-state index in [4.69, 9.17) is 9.47 Å². The molecule has 0 radical (unpaired) electrons. The third-order valence-electron chi connectivity index (χ3n) is 4.63. The summed E-state index contributed by atoms with van der Waals surface area (Å²) in [6, 6.07) is 14.9. The maximum atomic E-state index is 12.9. The molecule has 3 aromatic carbocycles. The second-order valence-electron chi connectivity index (χ2n) is 7.29. The molecule has 190 valence electrons. The molecule has 36 heavy (non-hydrogen) atoms. The Bertz CT molecular complexity index is 1330. The molecule has 0 atom stereocenters. The first-order chi connectivity index (χ1) is 17.0. The van der Waals surface area contributed by atoms with Gasteiger partial charge in [-0.25, -0.2) is 13.2 Å². The number of nitrogens with one attached hydrogen (secondary N) is 2. The molecule has 0 heterocycles. The van der Waals surface area contributed by atoms with E-state index in [0.29, 0.717) is 17.3 Å². The Morgan fingerprint density at radius 2 is 1.58 bits per heavy atom. The number of esters is 1. The van der Waals surface area contributed by atoms with Gasteiger partial charge in [-0.15, -0.1) is 0 Å². The van der Waals surface area contributed by atoms with Crippen LogP contribution in [0.3, 0.4) is 0 Å². The summed E-state index contributed by atoms with van der Waals surface area (Å²) in [6.07, 6.45) is -4.61. The van der Waals surface area contributed by atoms with Crippen molar-refractivity contribution in [1.82, 2.24) is 0 Å². The van der Waals surface area contributed by atoms with Gasteiger partial charge in [0.25, 0.3) is 15.9 Å². The minimum Gasteiger partial charge on any atom is -0.484 e. The fourth-order valence-corrected chi connectivity index (χ4v) is 3.99. The second-order valence-corrected chi connectivity index (χ2v) is 8.97. The molecule has 3 aromatic rings. The van der Waals surface area contributed by atoms with Crippen LogP contribution in [0.2, 0.25) is 0 Å². The lowest BCUT2D eigenvalue weighted by atomic mass is 10.2. The first-order valence-corrected chi connectivity index (χ1v) is 12.0. The minimum absolute atomic E-state index is 0.195. The van der Waals surface area contributed by atoms with Crippen LogP contribution in [-0.4, -0.2) is 33.5 Å². The number of ether oxygens (including phenoxy) is 2. The second kappa shape index (κ2) is 11.1. The molecule has 0 aliphatic carbocycles.